The fourth-order valence-electron chi connectivity index (χ4n) is 1.47. The standard InChI is InChI=1S/C15H21ClO5/c1-18-6-7-19-8-9-20-10-11-21-15(17)14-4-2-13(12-16)3-5-14/h2-5H,6-12H2,1H3. The fraction of sp³-hybridized carbons (Fsp3) is 0.533. The molecule has 0 aliphatic rings. The van der Waals surface area contributed by atoms with Gasteiger partial charge in [0.15, 0.2) is 0 Å². The van der Waals surface area contributed by atoms with E-state index in [9.17, 15) is 4.79 Å². The lowest BCUT2D eigenvalue weighted by Gasteiger charge is -2.07. The number of hydrogen-bond donors (Lipinski definition) is 0. The van der Waals surface area contributed by atoms with Crippen molar-refractivity contribution >= 4 is 17.6 Å². The summed E-state index contributed by atoms with van der Waals surface area (Å²) < 4.78 is 20.4. The number of halogens is 1. The summed E-state index contributed by atoms with van der Waals surface area (Å²) in [6.45, 7) is 2.64. The monoisotopic (exact) mass is 316 g/mol. The molecule has 0 aromatic heterocycles. The second-order valence-electron chi connectivity index (χ2n) is 4.18. The van der Waals surface area contributed by atoms with Gasteiger partial charge in [-0.1, -0.05) is 12.1 Å². The highest BCUT2D eigenvalue weighted by Crippen LogP contribution is 2.07. The van der Waals surface area contributed by atoms with E-state index in [2.05, 4.69) is 0 Å². The lowest BCUT2D eigenvalue weighted by Crippen LogP contribution is -2.13. The summed E-state index contributed by atoms with van der Waals surface area (Å²) >= 11 is 5.68. The van der Waals surface area contributed by atoms with Crippen molar-refractivity contribution in [1.82, 2.24) is 0 Å². The Kier molecular flexibility index (Phi) is 9.82. The molecular formula is C15H21ClO5. The summed E-state index contributed by atoms with van der Waals surface area (Å²) in [5, 5.41) is 0. The average molecular weight is 317 g/mol. The van der Waals surface area contributed by atoms with Crippen LogP contribution < -0.4 is 0 Å². The van der Waals surface area contributed by atoms with E-state index in [-0.39, 0.29) is 12.6 Å². The molecule has 0 aliphatic heterocycles. The molecule has 5 nitrogen and oxygen atoms in total. The van der Waals surface area contributed by atoms with Gasteiger partial charge < -0.3 is 18.9 Å². The Morgan fingerprint density at radius 1 is 0.952 bits per heavy atom. The molecule has 1 rings (SSSR count). The zero-order valence-corrected chi connectivity index (χ0v) is 12.9. The number of esters is 1. The number of carbonyl (C=O) groups is 1. The Balaban J connectivity index is 2.05. The maximum absolute atomic E-state index is 11.7. The first kappa shape index (κ1) is 17.9. The summed E-state index contributed by atoms with van der Waals surface area (Å²) in [5.41, 5.74) is 1.47. The molecule has 0 bridgehead atoms. The first-order valence-corrected chi connectivity index (χ1v) is 7.28. The highest BCUT2D eigenvalue weighted by Gasteiger charge is 2.06. The summed E-state index contributed by atoms with van der Waals surface area (Å²) in [6.07, 6.45) is 0. The van der Waals surface area contributed by atoms with Crippen LogP contribution in [0.15, 0.2) is 24.3 Å². The van der Waals surface area contributed by atoms with Gasteiger partial charge in [-0.05, 0) is 17.7 Å². The van der Waals surface area contributed by atoms with E-state index in [4.69, 9.17) is 30.5 Å². The molecular weight excluding hydrogens is 296 g/mol. The van der Waals surface area contributed by atoms with Crippen molar-refractivity contribution in [1.29, 1.82) is 0 Å². The van der Waals surface area contributed by atoms with Gasteiger partial charge in [-0.15, -0.1) is 11.6 Å². The first-order valence-electron chi connectivity index (χ1n) is 6.74. The molecule has 1 aromatic rings. The number of alkyl halides is 1. The Hall–Kier alpha value is -1.14. The van der Waals surface area contributed by atoms with Crippen LogP contribution in [0.25, 0.3) is 0 Å². The highest BCUT2D eigenvalue weighted by molar-refractivity contribution is 6.17. The molecule has 1 aromatic carbocycles. The van der Waals surface area contributed by atoms with E-state index < -0.39 is 0 Å². The Bertz CT molecular complexity index is 394. The molecule has 0 radical (unpaired) electrons. The van der Waals surface area contributed by atoms with E-state index in [0.717, 1.165) is 5.56 Å². The van der Waals surface area contributed by atoms with Gasteiger partial charge in [-0.3, -0.25) is 0 Å². The summed E-state index contributed by atoms with van der Waals surface area (Å²) in [5.74, 6) is 0.0615. The van der Waals surface area contributed by atoms with Crippen molar-refractivity contribution in [3.63, 3.8) is 0 Å². The van der Waals surface area contributed by atoms with Gasteiger partial charge in [0.25, 0.3) is 0 Å². The molecule has 0 aliphatic carbocycles. The zero-order chi connectivity index (χ0) is 15.3. The van der Waals surface area contributed by atoms with Gasteiger partial charge in [0.1, 0.15) is 6.61 Å². The number of carbonyl (C=O) groups excluding carboxylic acids is 1. The summed E-state index contributed by atoms with van der Waals surface area (Å²) in [7, 11) is 1.62. The molecule has 0 heterocycles. The van der Waals surface area contributed by atoms with Crippen molar-refractivity contribution in [2.75, 3.05) is 46.8 Å². The van der Waals surface area contributed by atoms with Gasteiger partial charge in [-0.25, -0.2) is 4.79 Å². The third-order valence-electron chi connectivity index (χ3n) is 2.61. The van der Waals surface area contributed by atoms with Crippen molar-refractivity contribution in [2.24, 2.45) is 0 Å². The molecule has 118 valence electrons. The van der Waals surface area contributed by atoms with Crippen LogP contribution in [0.5, 0.6) is 0 Å². The number of benzene rings is 1. The molecule has 0 saturated heterocycles. The van der Waals surface area contributed by atoms with Crippen molar-refractivity contribution in [3.8, 4) is 0 Å². The quantitative estimate of drug-likeness (QED) is 0.356. The molecule has 0 N–H and O–H groups in total. The van der Waals surface area contributed by atoms with Gasteiger partial charge in [-0.2, -0.15) is 0 Å². The second-order valence-corrected chi connectivity index (χ2v) is 4.45. The van der Waals surface area contributed by atoms with Crippen LogP contribution >= 0.6 is 11.6 Å². The number of methoxy groups -OCH3 is 1. The topological polar surface area (TPSA) is 54.0 Å². The molecule has 0 fully saturated rings. The smallest absolute Gasteiger partial charge is 0.338 e. The summed E-state index contributed by atoms with van der Waals surface area (Å²) in [4.78, 5) is 11.7. The van der Waals surface area contributed by atoms with E-state index in [1.807, 2.05) is 0 Å². The zero-order valence-electron chi connectivity index (χ0n) is 12.2. The Morgan fingerprint density at radius 3 is 2.10 bits per heavy atom. The van der Waals surface area contributed by atoms with Crippen molar-refractivity contribution in [3.05, 3.63) is 35.4 Å². The fourth-order valence-corrected chi connectivity index (χ4v) is 1.65. The lowest BCUT2D eigenvalue weighted by molar-refractivity contribution is 0.00570. The molecule has 0 unspecified atom stereocenters. The molecule has 0 spiro atoms. The number of ether oxygens (including phenoxy) is 4. The molecule has 0 atom stereocenters. The third-order valence-corrected chi connectivity index (χ3v) is 2.92. The molecule has 6 heteroatoms. The minimum Gasteiger partial charge on any atom is -0.460 e. The van der Waals surface area contributed by atoms with Crippen LogP contribution in [0, 0.1) is 0 Å². The van der Waals surface area contributed by atoms with Crippen LogP contribution in [0.4, 0.5) is 0 Å². The molecule has 21 heavy (non-hydrogen) atoms. The van der Waals surface area contributed by atoms with Gasteiger partial charge in [0, 0.05) is 13.0 Å². The van der Waals surface area contributed by atoms with Crippen LogP contribution in [0.3, 0.4) is 0 Å². The maximum Gasteiger partial charge on any atom is 0.338 e. The Morgan fingerprint density at radius 2 is 1.52 bits per heavy atom. The van der Waals surface area contributed by atoms with Crippen molar-refractivity contribution < 1.29 is 23.7 Å². The Labute approximate surface area is 130 Å². The highest BCUT2D eigenvalue weighted by atomic mass is 35.5. The minimum atomic E-state index is -0.365. The van der Waals surface area contributed by atoms with Gasteiger partial charge in [0.2, 0.25) is 0 Å². The molecule has 0 amide bonds. The lowest BCUT2D eigenvalue weighted by atomic mass is 10.1. The first-order chi connectivity index (χ1) is 10.3. The van der Waals surface area contributed by atoms with E-state index in [1.54, 1.807) is 31.4 Å². The predicted molar refractivity (Wildman–Crippen MR) is 79.8 cm³/mol. The number of hydrogen-bond acceptors (Lipinski definition) is 5. The van der Waals surface area contributed by atoms with E-state index >= 15 is 0 Å². The van der Waals surface area contributed by atoms with Crippen LogP contribution in [0.2, 0.25) is 0 Å². The minimum absolute atomic E-state index is 0.216. The van der Waals surface area contributed by atoms with E-state index in [1.165, 1.54) is 0 Å². The molecule has 0 saturated carbocycles. The van der Waals surface area contributed by atoms with Crippen LogP contribution in [0.1, 0.15) is 15.9 Å². The average Bonchev–Trinajstić information content (AvgIpc) is 2.53. The SMILES string of the molecule is COCCOCCOCCOC(=O)c1ccc(CCl)cc1. The van der Waals surface area contributed by atoms with Gasteiger partial charge in [0.05, 0.1) is 38.6 Å². The maximum atomic E-state index is 11.7. The predicted octanol–water partition coefficient (Wildman–Crippen LogP) is 2.26. The normalized spacial score (nSPS) is 10.6. The van der Waals surface area contributed by atoms with Crippen molar-refractivity contribution in [2.45, 2.75) is 5.88 Å². The van der Waals surface area contributed by atoms with Crippen LogP contribution in [-0.4, -0.2) is 52.7 Å². The van der Waals surface area contributed by atoms with Gasteiger partial charge >= 0.3 is 5.97 Å². The van der Waals surface area contributed by atoms with Crippen LogP contribution in [-0.2, 0) is 24.8 Å². The second kappa shape index (κ2) is 11.5. The third kappa shape index (κ3) is 8.02. The number of rotatable bonds is 11. The van der Waals surface area contributed by atoms with E-state index in [0.29, 0.717) is 44.5 Å². The largest absolute Gasteiger partial charge is 0.460 e. The summed E-state index contributed by atoms with van der Waals surface area (Å²) in [6, 6.07) is 7.00.